The van der Waals surface area contributed by atoms with Crippen molar-refractivity contribution in [1.29, 1.82) is 0 Å². The lowest BCUT2D eigenvalue weighted by Gasteiger charge is -2.20. The Labute approximate surface area is 155 Å². The molecule has 4 rings (SSSR count). The minimum absolute atomic E-state index is 0.168. The topological polar surface area (TPSA) is 82.5 Å². The summed E-state index contributed by atoms with van der Waals surface area (Å²) in [4.78, 5) is 27.8. The number of carbonyl (C=O) groups is 2. The number of nitrogens with zero attached hydrogens (tertiary/aromatic N) is 4. The van der Waals surface area contributed by atoms with Gasteiger partial charge in [0.2, 0.25) is 0 Å². The van der Waals surface area contributed by atoms with Crippen molar-refractivity contribution in [3.63, 3.8) is 0 Å². The predicted molar refractivity (Wildman–Crippen MR) is 98.7 cm³/mol. The van der Waals surface area contributed by atoms with E-state index in [0.29, 0.717) is 42.6 Å². The molecule has 1 aromatic carbocycles. The van der Waals surface area contributed by atoms with Crippen LogP contribution in [0.25, 0.3) is 0 Å². The first-order chi connectivity index (χ1) is 12.6. The number of rotatable bonds is 3. The fourth-order valence-corrected chi connectivity index (χ4v) is 3.56. The highest BCUT2D eigenvalue weighted by Gasteiger charge is 2.28. The van der Waals surface area contributed by atoms with Gasteiger partial charge in [0.1, 0.15) is 0 Å². The minimum atomic E-state index is -0.183. The molecule has 136 valence electrons. The minimum Gasteiger partial charge on any atom is -0.336 e. The number of aromatic nitrogens is 2. The van der Waals surface area contributed by atoms with Crippen LogP contribution in [0.1, 0.15) is 12.5 Å². The van der Waals surface area contributed by atoms with Crippen LogP contribution in [-0.2, 0) is 0 Å². The summed E-state index contributed by atoms with van der Waals surface area (Å²) in [7, 11) is 0. The molecular formula is C17H19ClN6O2. The Morgan fingerprint density at radius 1 is 1.35 bits per heavy atom. The molecular weight excluding hydrogens is 356 g/mol. The molecule has 2 aliphatic rings. The van der Waals surface area contributed by atoms with Crippen molar-refractivity contribution in [3.05, 3.63) is 41.7 Å². The second kappa shape index (κ2) is 6.87. The fourth-order valence-electron chi connectivity index (χ4n) is 3.34. The van der Waals surface area contributed by atoms with E-state index in [1.165, 1.54) is 0 Å². The number of halogens is 1. The second-order valence-corrected chi connectivity index (χ2v) is 6.76. The first-order valence-electron chi connectivity index (χ1n) is 8.52. The molecule has 1 aromatic heterocycles. The summed E-state index contributed by atoms with van der Waals surface area (Å²) < 4.78 is 1.89. The number of benzene rings is 1. The van der Waals surface area contributed by atoms with Crippen LogP contribution in [-0.4, -0.2) is 52.9 Å². The van der Waals surface area contributed by atoms with Gasteiger partial charge in [0.25, 0.3) is 0 Å². The highest BCUT2D eigenvalue weighted by Crippen LogP contribution is 2.30. The summed E-state index contributed by atoms with van der Waals surface area (Å²) in [6, 6.07) is 6.88. The fraction of sp³-hybridized carbons (Fsp3) is 0.353. The average Bonchev–Trinajstić information content (AvgIpc) is 3.37. The van der Waals surface area contributed by atoms with Crippen molar-refractivity contribution >= 4 is 35.0 Å². The first kappa shape index (κ1) is 16.7. The average molecular weight is 375 g/mol. The molecule has 1 unspecified atom stereocenters. The molecule has 4 amide bonds. The number of amides is 4. The first-order valence-corrected chi connectivity index (χ1v) is 8.89. The van der Waals surface area contributed by atoms with E-state index in [-0.39, 0.29) is 18.1 Å². The maximum absolute atomic E-state index is 12.6. The van der Waals surface area contributed by atoms with Crippen LogP contribution in [0.5, 0.6) is 0 Å². The Hall–Kier alpha value is -2.74. The third-order valence-electron chi connectivity index (χ3n) is 4.69. The quantitative estimate of drug-likeness (QED) is 0.866. The van der Waals surface area contributed by atoms with Gasteiger partial charge in [-0.05, 0) is 30.7 Å². The maximum Gasteiger partial charge on any atom is 0.322 e. The highest BCUT2D eigenvalue weighted by molar-refractivity contribution is 6.34. The van der Waals surface area contributed by atoms with Gasteiger partial charge in [-0.25, -0.2) is 9.59 Å². The monoisotopic (exact) mass is 374 g/mol. The van der Waals surface area contributed by atoms with E-state index in [2.05, 4.69) is 15.7 Å². The maximum atomic E-state index is 12.6. The van der Waals surface area contributed by atoms with Gasteiger partial charge in [-0.3, -0.25) is 9.58 Å². The molecule has 0 spiro atoms. The van der Waals surface area contributed by atoms with Crippen molar-refractivity contribution in [2.75, 3.05) is 36.4 Å². The molecule has 0 radical (unpaired) electrons. The number of hydrogen-bond donors (Lipinski definition) is 2. The summed E-state index contributed by atoms with van der Waals surface area (Å²) in [6.45, 7) is 2.41. The van der Waals surface area contributed by atoms with Crippen LogP contribution in [0, 0.1) is 0 Å². The van der Waals surface area contributed by atoms with Gasteiger partial charge in [0.15, 0.2) is 0 Å². The van der Waals surface area contributed by atoms with E-state index in [1.807, 2.05) is 16.9 Å². The van der Waals surface area contributed by atoms with Crippen LogP contribution in [0.2, 0.25) is 5.02 Å². The molecule has 0 saturated carbocycles. The van der Waals surface area contributed by atoms with Crippen molar-refractivity contribution in [2.24, 2.45) is 0 Å². The number of nitrogens with one attached hydrogen (secondary N) is 2. The molecule has 2 saturated heterocycles. The second-order valence-electron chi connectivity index (χ2n) is 6.35. The van der Waals surface area contributed by atoms with Crippen molar-refractivity contribution in [2.45, 2.75) is 12.5 Å². The van der Waals surface area contributed by atoms with E-state index in [0.717, 1.165) is 6.42 Å². The Morgan fingerprint density at radius 2 is 2.23 bits per heavy atom. The third-order valence-corrected chi connectivity index (χ3v) is 5.01. The molecule has 3 heterocycles. The van der Waals surface area contributed by atoms with Gasteiger partial charge in [-0.1, -0.05) is 11.6 Å². The molecule has 2 aliphatic heterocycles. The van der Waals surface area contributed by atoms with Crippen molar-refractivity contribution in [3.8, 4) is 0 Å². The lowest BCUT2D eigenvalue weighted by atomic mass is 10.2. The molecule has 1 atom stereocenters. The molecule has 2 N–H and O–H groups in total. The Bertz CT molecular complexity index is 825. The largest absolute Gasteiger partial charge is 0.336 e. The number of urea groups is 2. The lowest BCUT2D eigenvalue weighted by Crippen LogP contribution is -2.33. The molecule has 8 nitrogen and oxygen atoms in total. The Balaban J connectivity index is 1.44. The van der Waals surface area contributed by atoms with E-state index in [4.69, 9.17) is 11.6 Å². The van der Waals surface area contributed by atoms with E-state index >= 15 is 0 Å². The molecule has 9 heteroatoms. The van der Waals surface area contributed by atoms with Gasteiger partial charge in [0, 0.05) is 44.3 Å². The molecule has 26 heavy (non-hydrogen) atoms. The van der Waals surface area contributed by atoms with E-state index in [9.17, 15) is 9.59 Å². The standard InChI is InChI=1S/C17H19ClN6O2/c18-14-3-2-12(10-15(14)23-9-6-19-16(23)25)21-17(26)22-8-4-13(11-22)24-7-1-5-20-24/h1-3,5,7,10,13H,4,6,8-9,11H2,(H,19,25)(H,21,26). The van der Waals surface area contributed by atoms with Crippen molar-refractivity contribution < 1.29 is 9.59 Å². The van der Waals surface area contributed by atoms with Crippen LogP contribution >= 0.6 is 11.6 Å². The normalized spacial score (nSPS) is 19.7. The Morgan fingerprint density at radius 3 is 2.96 bits per heavy atom. The third kappa shape index (κ3) is 3.20. The van der Waals surface area contributed by atoms with E-state index in [1.54, 1.807) is 34.2 Å². The number of carbonyl (C=O) groups excluding carboxylic acids is 2. The van der Waals surface area contributed by atoms with Crippen LogP contribution in [0.15, 0.2) is 36.7 Å². The van der Waals surface area contributed by atoms with Crippen LogP contribution in [0.3, 0.4) is 0 Å². The van der Waals surface area contributed by atoms with Gasteiger partial charge in [-0.15, -0.1) is 0 Å². The zero-order valence-electron chi connectivity index (χ0n) is 14.1. The Kier molecular flexibility index (Phi) is 4.42. The molecule has 2 fully saturated rings. The lowest BCUT2D eigenvalue weighted by molar-refractivity contribution is 0.220. The summed E-state index contributed by atoms with van der Waals surface area (Å²) >= 11 is 6.23. The SMILES string of the molecule is O=C(Nc1ccc(Cl)c(N2CCNC2=O)c1)N1CCC(n2cccn2)C1. The summed E-state index contributed by atoms with van der Waals surface area (Å²) in [5.41, 5.74) is 1.20. The number of anilines is 2. The van der Waals surface area contributed by atoms with Gasteiger partial charge in [0.05, 0.1) is 16.8 Å². The summed E-state index contributed by atoms with van der Waals surface area (Å²) in [5, 5.41) is 10.4. The predicted octanol–water partition coefficient (Wildman–Crippen LogP) is 2.55. The van der Waals surface area contributed by atoms with E-state index < -0.39 is 0 Å². The van der Waals surface area contributed by atoms with Gasteiger partial charge in [-0.2, -0.15) is 5.10 Å². The summed E-state index contributed by atoms with van der Waals surface area (Å²) in [6.07, 6.45) is 4.53. The van der Waals surface area contributed by atoms with Crippen LogP contribution in [0.4, 0.5) is 21.0 Å². The number of likely N-dealkylation sites (tertiary alicyclic amines) is 1. The van der Waals surface area contributed by atoms with Gasteiger partial charge < -0.3 is 15.5 Å². The molecule has 2 aromatic rings. The highest BCUT2D eigenvalue weighted by atomic mass is 35.5. The zero-order chi connectivity index (χ0) is 18.1. The molecule has 0 aliphatic carbocycles. The summed E-state index contributed by atoms with van der Waals surface area (Å²) in [5.74, 6) is 0. The smallest absolute Gasteiger partial charge is 0.322 e. The van der Waals surface area contributed by atoms with Crippen LogP contribution < -0.4 is 15.5 Å². The zero-order valence-corrected chi connectivity index (χ0v) is 14.8. The van der Waals surface area contributed by atoms with Gasteiger partial charge >= 0.3 is 12.1 Å². The van der Waals surface area contributed by atoms with Crippen molar-refractivity contribution in [1.82, 2.24) is 20.0 Å². The number of hydrogen-bond acceptors (Lipinski definition) is 3. The molecule has 0 bridgehead atoms.